The molecule has 3 N–H and O–H groups in total. The predicted molar refractivity (Wildman–Crippen MR) is 149 cm³/mol. The number of pyridine rings is 1. The van der Waals surface area contributed by atoms with Crippen LogP contribution in [-0.4, -0.2) is 76.6 Å². The fourth-order valence-corrected chi connectivity index (χ4v) is 4.73. The number of methoxy groups -OCH3 is 1. The van der Waals surface area contributed by atoms with E-state index in [1.54, 1.807) is 6.20 Å². The quantitative estimate of drug-likeness (QED) is 0.243. The number of unbranched alkanes of at least 4 members (excludes halogenated alkanes) is 1. The lowest BCUT2D eigenvalue weighted by Crippen LogP contribution is -2.38. The Kier molecular flexibility index (Phi) is 10.6. The van der Waals surface area contributed by atoms with E-state index in [4.69, 9.17) is 9.72 Å². The Morgan fingerprint density at radius 2 is 2.05 bits per heavy atom. The predicted octanol–water partition coefficient (Wildman–Crippen LogP) is 4.42. The molecule has 4 rings (SSSR count). The van der Waals surface area contributed by atoms with Crippen LogP contribution in [0.4, 0.5) is 16.0 Å². The first-order valence-corrected chi connectivity index (χ1v) is 13.5. The van der Waals surface area contributed by atoms with Crippen LogP contribution < -0.4 is 10.6 Å². The van der Waals surface area contributed by atoms with Gasteiger partial charge in [0.1, 0.15) is 24.0 Å². The molecule has 1 aliphatic rings. The molecule has 2 aromatic heterocycles. The maximum absolute atomic E-state index is 14.2. The largest absolute Gasteiger partial charge is 0.480 e. The summed E-state index contributed by atoms with van der Waals surface area (Å²) in [6.07, 6.45) is 6.63. The third-order valence-corrected chi connectivity index (χ3v) is 6.91. The van der Waals surface area contributed by atoms with Gasteiger partial charge in [-0.2, -0.15) is 0 Å². The number of aromatic nitrogens is 3. The lowest BCUT2D eigenvalue weighted by molar-refractivity contribution is -0.138. The van der Waals surface area contributed by atoms with E-state index in [0.29, 0.717) is 18.9 Å². The first-order chi connectivity index (χ1) is 19.0. The zero-order valence-electron chi connectivity index (χ0n) is 22.4. The molecule has 0 fully saturated rings. The third kappa shape index (κ3) is 8.43. The van der Waals surface area contributed by atoms with Gasteiger partial charge in [-0.3, -0.25) is 4.90 Å². The molecule has 0 aliphatic carbocycles. The first-order valence-electron chi connectivity index (χ1n) is 13.5. The molecular weight excluding hydrogens is 499 g/mol. The van der Waals surface area contributed by atoms with Gasteiger partial charge in [0, 0.05) is 37.7 Å². The van der Waals surface area contributed by atoms with Gasteiger partial charge in [-0.05, 0) is 62.3 Å². The van der Waals surface area contributed by atoms with Gasteiger partial charge in [0.2, 0.25) is 6.36 Å². The molecule has 1 unspecified atom stereocenters. The number of benzene rings is 1. The van der Waals surface area contributed by atoms with Crippen LogP contribution in [0.1, 0.15) is 36.9 Å². The summed E-state index contributed by atoms with van der Waals surface area (Å²) in [5.74, 6) is 0.442. The van der Waals surface area contributed by atoms with Crippen molar-refractivity contribution in [2.45, 2.75) is 50.9 Å². The summed E-state index contributed by atoms with van der Waals surface area (Å²) in [6.45, 7) is 2.05. The maximum atomic E-state index is 14.2. The Morgan fingerprint density at radius 1 is 1.21 bits per heavy atom. The van der Waals surface area contributed by atoms with E-state index in [1.807, 2.05) is 35.2 Å². The minimum absolute atomic E-state index is 0.0760. The topological polar surface area (TPSA) is 113 Å². The fraction of sp³-hybridized carbons (Fsp3) is 0.448. The first kappa shape index (κ1) is 28.4. The van der Waals surface area contributed by atoms with Crippen molar-refractivity contribution in [2.24, 2.45) is 0 Å². The molecular formula is C29H37FN6O3. The number of alkyl halides is 1. The van der Waals surface area contributed by atoms with Crippen molar-refractivity contribution in [3.8, 4) is 11.1 Å². The summed E-state index contributed by atoms with van der Waals surface area (Å²) in [7, 11) is 1.33. The van der Waals surface area contributed by atoms with Crippen molar-refractivity contribution in [1.29, 1.82) is 0 Å². The van der Waals surface area contributed by atoms with Crippen LogP contribution in [0.25, 0.3) is 11.1 Å². The van der Waals surface area contributed by atoms with E-state index in [9.17, 15) is 14.3 Å². The average molecular weight is 537 g/mol. The Morgan fingerprint density at radius 3 is 2.85 bits per heavy atom. The Bertz CT molecular complexity index is 1200. The number of hydrogen-bond donors (Lipinski definition) is 3. The van der Waals surface area contributed by atoms with Crippen LogP contribution in [0.3, 0.4) is 0 Å². The highest BCUT2D eigenvalue weighted by molar-refractivity contribution is 5.81. The van der Waals surface area contributed by atoms with Gasteiger partial charge >= 0.3 is 5.97 Å². The number of anilines is 2. The number of aryl methyl sites for hydroxylation is 2. The van der Waals surface area contributed by atoms with E-state index in [1.165, 1.54) is 19.0 Å². The number of nitrogens with one attached hydrogen (secondary N) is 2. The molecule has 3 aromatic rings. The zero-order valence-corrected chi connectivity index (χ0v) is 22.4. The normalized spacial score (nSPS) is 14.3. The van der Waals surface area contributed by atoms with Crippen LogP contribution in [0.5, 0.6) is 0 Å². The van der Waals surface area contributed by atoms with Crippen LogP contribution in [0.2, 0.25) is 0 Å². The summed E-state index contributed by atoms with van der Waals surface area (Å²) < 4.78 is 19.0. The molecule has 208 valence electrons. The molecule has 0 saturated heterocycles. The van der Waals surface area contributed by atoms with E-state index in [2.05, 4.69) is 32.7 Å². The summed E-state index contributed by atoms with van der Waals surface area (Å²) in [6, 6.07) is 12.9. The molecule has 0 amide bonds. The molecule has 0 saturated carbocycles. The second-order valence-electron chi connectivity index (χ2n) is 9.72. The highest BCUT2D eigenvalue weighted by atomic mass is 19.1. The van der Waals surface area contributed by atoms with Crippen molar-refractivity contribution in [3.63, 3.8) is 0 Å². The Labute approximate surface area is 228 Å². The summed E-state index contributed by atoms with van der Waals surface area (Å²) in [5.41, 5.74) is 3.92. The minimum Gasteiger partial charge on any atom is -0.480 e. The number of ether oxygens (including phenoxy) is 1. The molecule has 9 nitrogen and oxygen atoms in total. The molecule has 1 aromatic carbocycles. The number of fused-ring (bicyclic) bond motifs is 1. The molecule has 0 bridgehead atoms. The smallest absolute Gasteiger partial charge is 0.326 e. The van der Waals surface area contributed by atoms with Gasteiger partial charge in [-0.1, -0.05) is 36.4 Å². The number of halogens is 1. The zero-order chi connectivity index (χ0) is 27.5. The molecule has 0 spiro atoms. The molecule has 0 radical (unpaired) electrons. The van der Waals surface area contributed by atoms with Gasteiger partial charge < -0.3 is 20.5 Å². The average Bonchev–Trinajstić information content (AvgIpc) is 2.97. The number of carbonyl (C=O) groups is 1. The Hall–Kier alpha value is -3.63. The van der Waals surface area contributed by atoms with Crippen LogP contribution in [0.15, 0.2) is 55.0 Å². The van der Waals surface area contributed by atoms with E-state index < -0.39 is 18.4 Å². The van der Waals surface area contributed by atoms with E-state index >= 15 is 0 Å². The standard InChI is InChI=1S/C29H37FN6O3/c1-39-26(30)19-36(16-6-5-11-23-13-12-22-10-7-15-32-27(22)34-23)17-14-25(29(37)38)35-28-24(18-31-20-33-28)21-8-3-2-4-9-21/h2-4,8-9,12-13,18,20,25-26H,5-7,10-11,14-17,19H2,1H3,(H,32,34)(H,37,38)(H,31,33,35)/t25-,26?/m0/s1. The Balaban J connectivity index is 1.33. The number of carboxylic acids is 1. The molecule has 39 heavy (non-hydrogen) atoms. The minimum atomic E-state index is -1.44. The lowest BCUT2D eigenvalue weighted by Gasteiger charge is -2.26. The van der Waals surface area contributed by atoms with Gasteiger partial charge in [-0.15, -0.1) is 0 Å². The van der Waals surface area contributed by atoms with Crippen molar-refractivity contribution in [2.75, 3.05) is 43.9 Å². The van der Waals surface area contributed by atoms with Crippen molar-refractivity contribution < 1.29 is 19.0 Å². The van der Waals surface area contributed by atoms with Crippen LogP contribution >= 0.6 is 0 Å². The monoisotopic (exact) mass is 536 g/mol. The molecule has 1 aliphatic heterocycles. The van der Waals surface area contributed by atoms with E-state index in [-0.39, 0.29) is 13.0 Å². The van der Waals surface area contributed by atoms with Crippen molar-refractivity contribution >= 4 is 17.6 Å². The van der Waals surface area contributed by atoms with Gasteiger partial charge in [-0.25, -0.2) is 24.1 Å². The summed E-state index contributed by atoms with van der Waals surface area (Å²) in [4.78, 5) is 27.2. The number of hydrogen-bond acceptors (Lipinski definition) is 8. The number of aliphatic carboxylic acids is 1. The van der Waals surface area contributed by atoms with E-state index in [0.717, 1.165) is 61.3 Å². The molecule has 2 atom stereocenters. The van der Waals surface area contributed by atoms with Gasteiger partial charge in [0.25, 0.3) is 0 Å². The second-order valence-corrected chi connectivity index (χ2v) is 9.72. The van der Waals surface area contributed by atoms with Gasteiger partial charge in [0.15, 0.2) is 0 Å². The van der Waals surface area contributed by atoms with Crippen LogP contribution in [0, 0.1) is 0 Å². The fourth-order valence-electron chi connectivity index (χ4n) is 4.73. The molecule has 3 heterocycles. The number of carboxylic acid groups (broad SMARTS) is 1. The number of rotatable bonds is 15. The third-order valence-electron chi connectivity index (χ3n) is 6.91. The van der Waals surface area contributed by atoms with Crippen LogP contribution in [-0.2, 0) is 22.4 Å². The van der Waals surface area contributed by atoms with Gasteiger partial charge in [0.05, 0.1) is 6.54 Å². The van der Waals surface area contributed by atoms with Crippen molar-refractivity contribution in [3.05, 3.63) is 66.2 Å². The van der Waals surface area contributed by atoms with Crippen molar-refractivity contribution in [1.82, 2.24) is 19.9 Å². The summed E-state index contributed by atoms with van der Waals surface area (Å²) >= 11 is 0. The highest BCUT2D eigenvalue weighted by Crippen LogP contribution is 2.26. The number of nitrogens with zero attached hydrogens (tertiary/aromatic N) is 4. The lowest BCUT2D eigenvalue weighted by atomic mass is 10.1. The highest BCUT2D eigenvalue weighted by Gasteiger charge is 2.22. The maximum Gasteiger partial charge on any atom is 0.326 e. The molecule has 10 heteroatoms. The second kappa shape index (κ2) is 14.5. The SMILES string of the molecule is COC(F)CN(CCCCc1ccc2c(n1)NCCC2)CC[C@H](Nc1ncncc1-c1ccccc1)C(=O)O. The summed E-state index contributed by atoms with van der Waals surface area (Å²) in [5, 5.41) is 16.4.